The van der Waals surface area contributed by atoms with E-state index in [9.17, 15) is 4.79 Å². The van der Waals surface area contributed by atoms with Crippen LogP contribution in [0.3, 0.4) is 0 Å². The maximum absolute atomic E-state index is 13.1. The fourth-order valence-electron chi connectivity index (χ4n) is 4.68. The van der Waals surface area contributed by atoms with Crippen LogP contribution in [0.1, 0.15) is 46.8 Å². The number of fused-ring (bicyclic) bond motifs is 2. The van der Waals surface area contributed by atoms with Crippen molar-refractivity contribution in [1.82, 2.24) is 9.88 Å². The van der Waals surface area contributed by atoms with E-state index in [1.54, 1.807) is 20.3 Å². The predicted octanol–water partition coefficient (Wildman–Crippen LogP) is 4.23. The van der Waals surface area contributed by atoms with E-state index in [-0.39, 0.29) is 11.4 Å². The molecule has 3 N–H and O–H groups in total. The molecular formula is C26H33N3O3. The molecule has 3 aromatic rings. The number of H-pyrrole nitrogens is 1. The maximum atomic E-state index is 13.1. The number of nitrogens with two attached hydrogens (primary N) is 1. The van der Waals surface area contributed by atoms with Crippen molar-refractivity contribution in [2.75, 3.05) is 27.3 Å². The van der Waals surface area contributed by atoms with Crippen LogP contribution in [0.2, 0.25) is 0 Å². The average molecular weight is 436 g/mol. The zero-order valence-corrected chi connectivity index (χ0v) is 19.5. The van der Waals surface area contributed by atoms with E-state index in [4.69, 9.17) is 15.2 Å². The Bertz CT molecular complexity index is 1130. The highest BCUT2D eigenvalue weighted by Gasteiger charge is 2.30. The number of carbonyl (C=O) groups excluding carboxylic acids is 1. The van der Waals surface area contributed by atoms with Gasteiger partial charge in [-0.2, -0.15) is 0 Å². The standard InChI is InChI=1S/C26H33N3O3/c1-17-6-5-7-19-18(16-28-23(17)19)10-12-26(2,27)13-15-29-14-11-20-21(25(29)30)8-9-22(31-3)24(20)32-4/h5-9,16,28H,10-15,27H2,1-4H3. The van der Waals surface area contributed by atoms with Crippen LogP contribution < -0.4 is 15.2 Å². The number of nitrogens with one attached hydrogen (secondary N) is 1. The van der Waals surface area contributed by atoms with Crippen LogP contribution in [0.5, 0.6) is 11.5 Å². The first-order chi connectivity index (χ1) is 15.3. The van der Waals surface area contributed by atoms with Crippen molar-refractivity contribution in [3.8, 4) is 11.5 Å². The molecule has 32 heavy (non-hydrogen) atoms. The van der Waals surface area contributed by atoms with Gasteiger partial charge < -0.3 is 25.1 Å². The lowest BCUT2D eigenvalue weighted by molar-refractivity contribution is 0.0725. The topological polar surface area (TPSA) is 80.6 Å². The molecule has 170 valence electrons. The summed E-state index contributed by atoms with van der Waals surface area (Å²) in [6, 6.07) is 10.0. The molecule has 1 aromatic heterocycles. The minimum Gasteiger partial charge on any atom is -0.493 e. The number of amides is 1. The Hall–Kier alpha value is -2.99. The second-order valence-electron chi connectivity index (χ2n) is 9.08. The molecule has 1 amide bonds. The quantitative estimate of drug-likeness (QED) is 0.555. The van der Waals surface area contributed by atoms with Gasteiger partial charge in [0, 0.05) is 46.9 Å². The van der Waals surface area contributed by atoms with Crippen molar-refractivity contribution in [2.24, 2.45) is 5.73 Å². The first kappa shape index (κ1) is 22.2. The van der Waals surface area contributed by atoms with E-state index >= 15 is 0 Å². The van der Waals surface area contributed by atoms with Crippen LogP contribution in [0.25, 0.3) is 10.9 Å². The molecule has 4 rings (SSSR count). The number of carbonyl (C=O) groups is 1. The summed E-state index contributed by atoms with van der Waals surface area (Å²) in [6.45, 7) is 5.51. The smallest absolute Gasteiger partial charge is 0.254 e. The predicted molar refractivity (Wildman–Crippen MR) is 128 cm³/mol. The average Bonchev–Trinajstić information content (AvgIpc) is 3.21. The number of ether oxygens (including phenoxy) is 2. The summed E-state index contributed by atoms with van der Waals surface area (Å²) in [5, 5.41) is 1.27. The van der Waals surface area contributed by atoms with E-state index < -0.39 is 0 Å². The summed E-state index contributed by atoms with van der Waals surface area (Å²) in [6.07, 6.45) is 5.36. The summed E-state index contributed by atoms with van der Waals surface area (Å²) < 4.78 is 10.9. The van der Waals surface area contributed by atoms with Crippen molar-refractivity contribution < 1.29 is 14.3 Å². The number of nitrogens with zero attached hydrogens (tertiary/aromatic N) is 1. The zero-order chi connectivity index (χ0) is 22.9. The van der Waals surface area contributed by atoms with Gasteiger partial charge in [0.2, 0.25) is 0 Å². The van der Waals surface area contributed by atoms with Crippen LogP contribution in [-0.4, -0.2) is 48.6 Å². The Morgan fingerprint density at radius 2 is 1.97 bits per heavy atom. The highest BCUT2D eigenvalue weighted by molar-refractivity contribution is 5.98. The van der Waals surface area contributed by atoms with Crippen LogP contribution in [0.15, 0.2) is 36.5 Å². The van der Waals surface area contributed by atoms with Gasteiger partial charge in [0.05, 0.1) is 14.2 Å². The Kier molecular flexibility index (Phi) is 6.15. The van der Waals surface area contributed by atoms with Crippen molar-refractivity contribution in [2.45, 2.75) is 45.1 Å². The monoisotopic (exact) mass is 435 g/mol. The summed E-state index contributed by atoms with van der Waals surface area (Å²) in [4.78, 5) is 18.4. The Labute approximate surface area is 189 Å². The van der Waals surface area contributed by atoms with E-state index in [1.807, 2.05) is 11.0 Å². The van der Waals surface area contributed by atoms with Crippen LogP contribution in [0, 0.1) is 6.92 Å². The molecule has 1 aliphatic rings. The Morgan fingerprint density at radius 1 is 1.16 bits per heavy atom. The minimum absolute atomic E-state index is 0.0371. The normalized spacial score (nSPS) is 15.5. The molecule has 0 bridgehead atoms. The molecule has 6 nitrogen and oxygen atoms in total. The third-order valence-corrected chi connectivity index (χ3v) is 6.73. The summed E-state index contributed by atoms with van der Waals surface area (Å²) in [7, 11) is 3.23. The zero-order valence-electron chi connectivity index (χ0n) is 19.5. The number of benzene rings is 2. The molecule has 2 aromatic carbocycles. The first-order valence-electron chi connectivity index (χ1n) is 11.2. The van der Waals surface area contributed by atoms with Gasteiger partial charge in [-0.3, -0.25) is 4.79 Å². The lowest BCUT2D eigenvalue weighted by Crippen LogP contribution is -2.44. The van der Waals surface area contributed by atoms with Crippen molar-refractivity contribution in [3.63, 3.8) is 0 Å². The third kappa shape index (κ3) is 4.19. The van der Waals surface area contributed by atoms with Gasteiger partial charge in [0.15, 0.2) is 11.5 Å². The molecule has 0 radical (unpaired) electrons. The van der Waals surface area contributed by atoms with Crippen molar-refractivity contribution in [1.29, 1.82) is 0 Å². The summed E-state index contributed by atoms with van der Waals surface area (Å²) >= 11 is 0. The number of para-hydroxylation sites is 1. The molecule has 2 heterocycles. The lowest BCUT2D eigenvalue weighted by Gasteiger charge is -2.33. The lowest BCUT2D eigenvalue weighted by atomic mass is 9.90. The second kappa shape index (κ2) is 8.87. The highest BCUT2D eigenvalue weighted by Crippen LogP contribution is 2.36. The van der Waals surface area contributed by atoms with Gasteiger partial charge in [-0.05, 0) is 62.8 Å². The number of aromatic nitrogens is 1. The molecular weight excluding hydrogens is 402 g/mol. The minimum atomic E-state index is -0.356. The SMILES string of the molecule is COc1ccc2c(c1OC)CCN(CCC(C)(N)CCc1c[nH]c3c(C)cccc13)C2=O. The number of hydrogen-bond acceptors (Lipinski definition) is 4. The number of aromatic amines is 1. The largest absolute Gasteiger partial charge is 0.493 e. The van der Waals surface area contributed by atoms with Gasteiger partial charge >= 0.3 is 0 Å². The van der Waals surface area contributed by atoms with Crippen LogP contribution >= 0.6 is 0 Å². The number of hydrogen-bond donors (Lipinski definition) is 2. The van der Waals surface area contributed by atoms with Gasteiger partial charge in [-0.25, -0.2) is 0 Å². The molecule has 0 fully saturated rings. The third-order valence-electron chi connectivity index (χ3n) is 6.73. The van der Waals surface area contributed by atoms with Gasteiger partial charge in [-0.1, -0.05) is 18.2 Å². The summed E-state index contributed by atoms with van der Waals surface area (Å²) in [5.74, 6) is 1.36. The van der Waals surface area contributed by atoms with E-state index in [0.717, 1.165) is 31.2 Å². The number of rotatable bonds is 8. The summed E-state index contributed by atoms with van der Waals surface area (Å²) in [5.41, 5.74) is 11.7. The Morgan fingerprint density at radius 3 is 2.72 bits per heavy atom. The van der Waals surface area contributed by atoms with Crippen molar-refractivity contribution in [3.05, 3.63) is 58.8 Å². The van der Waals surface area contributed by atoms with Crippen molar-refractivity contribution >= 4 is 16.8 Å². The first-order valence-corrected chi connectivity index (χ1v) is 11.2. The fourth-order valence-corrected chi connectivity index (χ4v) is 4.68. The number of methoxy groups -OCH3 is 2. The van der Waals surface area contributed by atoms with Crippen LogP contribution in [0.4, 0.5) is 0 Å². The molecule has 0 saturated carbocycles. The fraction of sp³-hybridized carbons (Fsp3) is 0.423. The Balaban J connectivity index is 1.39. The van der Waals surface area contributed by atoms with E-state index in [1.165, 1.54) is 22.0 Å². The molecule has 0 spiro atoms. The second-order valence-corrected chi connectivity index (χ2v) is 9.08. The van der Waals surface area contributed by atoms with Gasteiger partial charge in [0.25, 0.3) is 5.91 Å². The molecule has 0 aliphatic carbocycles. The highest BCUT2D eigenvalue weighted by atomic mass is 16.5. The van der Waals surface area contributed by atoms with E-state index in [2.05, 4.69) is 43.2 Å². The van der Waals surface area contributed by atoms with Gasteiger partial charge in [0.1, 0.15) is 0 Å². The molecule has 1 atom stereocenters. The molecule has 1 aliphatic heterocycles. The number of aryl methyl sites for hydroxylation is 2. The molecule has 6 heteroatoms. The maximum Gasteiger partial charge on any atom is 0.254 e. The molecule has 1 unspecified atom stereocenters. The van der Waals surface area contributed by atoms with Gasteiger partial charge in [-0.15, -0.1) is 0 Å². The van der Waals surface area contributed by atoms with Crippen LogP contribution in [-0.2, 0) is 12.8 Å². The molecule has 0 saturated heterocycles. The van der Waals surface area contributed by atoms with E-state index in [0.29, 0.717) is 30.2 Å².